The van der Waals surface area contributed by atoms with Crippen LogP contribution in [0.4, 0.5) is 17.1 Å². The van der Waals surface area contributed by atoms with Crippen molar-refractivity contribution in [1.29, 1.82) is 0 Å². The molecule has 41 heavy (non-hydrogen) atoms. The van der Waals surface area contributed by atoms with Crippen molar-refractivity contribution >= 4 is 67.6 Å². The molecule has 204 valence electrons. The summed E-state index contributed by atoms with van der Waals surface area (Å²) in [5.41, 5.74) is 9.65. The van der Waals surface area contributed by atoms with E-state index in [-0.39, 0.29) is 37.9 Å². The molecule has 0 amide bonds. The summed E-state index contributed by atoms with van der Waals surface area (Å²) in [6.07, 6.45) is 0.194. The molecule has 0 aliphatic rings. The Labute approximate surface area is 263 Å². The molecule has 0 spiro atoms. The summed E-state index contributed by atoms with van der Waals surface area (Å²) in [5, 5.41) is 23.1. The number of thiol groups is 1. The van der Waals surface area contributed by atoms with E-state index in [0.717, 1.165) is 37.5 Å². The summed E-state index contributed by atoms with van der Waals surface area (Å²) < 4.78 is 18.5. The normalized spacial score (nSPS) is 10.4. The largest absolute Gasteiger partial charge is 1.00 e. The molecule has 0 atom stereocenters. The zero-order valence-corrected chi connectivity index (χ0v) is 24.2. The third-order valence-electron chi connectivity index (χ3n) is 5.74. The fourth-order valence-electron chi connectivity index (χ4n) is 3.86. The number of hydrogen-bond donors (Lipinski definition) is 2. The van der Waals surface area contributed by atoms with E-state index in [2.05, 4.69) is 28.6 Å². The summed E-state index contributed by atoms with van der Waals surface area (Å²) in [6.45, 7) is 0. The molecule has 2 heterocycles. The van der Waals surface area contributed by atoms with Gasteiger partial charge >= 0.3 is 18.9 Å². The molecule has 6 rings (SSSR count). The van der Waals surface area contributed by atoms with Gasteiger partial charge in [-0.3, -0.25) is 20.2 Å². The predicted octanol–water partition coefficient (Wildman–Crippen LogP) is 6.02. The van der Waals surface area contributed by atoms with Crippen LogP contribution >= 0.6 is 28.6 Å². The third kappa shape index (κ3) is 7.59. The maximum absolute atomic E-state index is 10.6. The van der Waals surface area contributed by atoms with Crippen molar-refractivity contribution in [3.05, 3.63) is 122 Å². The molecule has 9 nitrogen and oxygen atoms in total. The van der Waals surface area contributed by atoms with Gasteiger partial charge in [0.1, 0.15) is 22.7 Å². The van der Waals surface area contributed by atoms with Gasteiger partial charge in [0.25, 0.3) is 11.4 Å². The van der Waals surface area contributed by atoms with E-state index in [4.69, 9.17) is 15.9 Å². The first-order valence-electron chi connectivity index (χ1n) is 12.3. The fourth-order valence-corrected chi connectivity index (χ4v) is 4.23. The van der Waals surface area contributed by atoms with Crippen LogP contribution in [0.2, 0.25) is 0 Å². The molecule has 2 aromatic heterocycles. The molecule has 0 saturated heterocycles. The Balaban J connectivity index is 0.000000264. The third-order valence-corrected chi connectivity index (χ3v) is 6.24. The Morgan fingerprint density at radius 1 is 0.756 bits per heavy atom. The van der Waals surface area contributed by atoms with Gasteiger partial charge < -0.3 is 16.0 Å². The van der Waals surface area contributed by atoms with Crippen molar-refractivity contribution in [3.8, 4) is 22.6 Å². The Kier molecular flexibility index (Phi) is 10.3. The molecule has 0 saturated carbocycles. The van der Waals surface area contributed by atoms with E-state index in [0.29, 0.717) is 17.2 Å². The molecule has 0 unspecified atom stereocenters. The number of nitrogen functional groups attached to an aromatic ring is 1. The van der Waals surface area contributed by atoms with Gasteiger partial charge in [-0.1, -0.05) is 15.9 Å². The number of nitro benzene ring substituents is 2. The van der Waals surface area contributed by atoms with E-state index >= 15 is 0 Å². The molecule has 0 aliphatic carbocycles. The van der Waals surface area contributed by atoms with Gasteiger partial charge in [-0.2, -0.15) is 12.6 Å². The Hall–Kier alpha value is -4.01. The van der Waals surface area contributed by atoms with Crippen molar-refractivity contribution in [2.24, 2.45) is 0 Å². The van der Waals surface area contributed by atoms with Gasteiger partial charge in [-0.05, 0) is 79.0 Å². The number of rotatable bonds is 4. The van der Waals surface area contributed by atoms with Gasteiger partial charge in [0.05, 0.1) is 9.85 Å². The predicted molar refractivity (Wildman–Crippen MR) is 165 cm³/mol. The molecule has 0 aliphatic heterocycles. The fraction of sp³-hybridized carbons (Fsp3) is 0.0345. The summed E-state index contributed by atoms with van der Waals surface area (Å²) in [6, 6.07) is 27.5. The Morgan fingerprint density at radius 3 is 1.61 bits per heavy atom. The smallest absolute Gasteiger partial charge is 1.00 e. The van der Waals surface area contributed by atoms with Crippen LogP contribution in [0.5, 0.6) is 0 Å². The number of non-ortho nitro benzene ring substituents is 2. The second-order valence-electron chi connectivity index (χ2n) is 8.31. The van der Waals surface area contributed by atoms with Crippen molar-refractivity contribution < 1.29 is 40.3 Å². The monoisotopic (exact) mass is 628 g/mol. The summed E-state index contributed by atoms with van der Waals surface area (Å²) in [5.74, 6) is 1.36. The average molecular weight is 629 g/mol. The molecular weight excluding hydrogens is 605 g/mol. The zero-order chi connectivity index (χ0) is 29.5. The number of nitro groups is 2. The first-order chi connectivity index (χ1) is 19.7. The zero-order valence-electron chi connectivity index (χ0n) is 23.7. The van der Waals surface area contributed by atoms with Crippen LogP contribution in [0.3, 0.4) is 0 Å². The van der Waals surface area contributed by atoms with Crippen LogP contribution in [0.25, 0.3) is 44.6 Å². The number of halogens is 1. The Morgan fingerprint density at radius 2 is 1.17 bits per heavy atom. The van der Waals surface area contributed by atoms with Crippen LogP contribution in [0, 0.1) is 20.2 Å². The van der Waals surface area contributed by atoms with Gasteiger partial charge in [0.15, 0.2) is 0 Å². The van der Waals surface area contributed by atoms with Crippen LogP contribution in [-0.4, -0.2) is 16.1 Å². The average Bonchev–Trinajstić information content (AvgIpc) is 3.58. The van der Waals surface area contributed by atoms with E-state index < -0.39 is 9.85 Å². The SMILES string of the molecule is Nc1ccc2oc(-c3ccc([N+](=O)[O-])cc3)cc2c1.O=[N+]([O-])c1ccc(-c2cc3cc(Br)ccc3o2)cc1.[2H]CS.[H-].[Li+]. The van der Waals surface area contributed by atoms with Crippen molar-refractivity contribution in [2.75, 3.05) is 12.0 Å². The number of furan rings is 2. The van der Waals surface area contributed by atoms with Crippen molar-refractivity contribution in [1.82, 2.24) is 0 Å². The number of nitrogens with two attached hydrogens (primary N) is 1. The molecule has 4 aromatic carbocycles. The maximum Gasteiger partial charge on any atom is 1.00 e. The molecule has 0 bridgehead atoms. The van der Waals surface area contributed by atoms with Crippen molar-refractivity contribution in [2.45, 2.75) is 0 Å². The quantitative estimate of drug-likeness (QED) is 0.0799. The summed E-state index contributed by atoms with van der Waals surface area (Å²) in [4.78, 5) is 20.4. The molecule has 0 radical (unpaired) electrons. The standard InChI is InChI=1S/C14H8BrNO3.C14H10N2O3.CH4S.Li.H/c2*15-11-3-6-13-10(7-11)8-14(19-13)9-1-4-12(5-2-9)16(17)18;1-2;;/h1-8H;1-8H,15H2;2H,1H3;;/q;;;+1;-1/i;;1D;;. The van der Waals surface area contributed by atoms with E-state index in [1.807, 2.05) is 36.4 Å². The van der Waals surface area contributed by atoms with E-state index in [9.17, 15) is 20.2 Å². The minimum Gasteiger partial charge on any atom is -1.00 e. The van der Waals surface area contributed by atoms with Gasteiger partial charge in [0.2, 0.25) is 0 Å². The second-order valence-corrected chi connectivity index (χ2v) is 9.22. The topological polar surface area (TPSA) is 139 Å². The van der Waals surface area contributed by atoms with Crippen molar-refractivity contribution in [3.63, 3.8) is 0 Å². The molecule has 0 fully saturated rings. The second kappa shape index (κ2) is 14.1. The molecule has 6 aromatic rings. The van der Waals surface area contributed by atoms with Gasteiger partial charge in [-0.15, -0.1) is 0 Å². The first-order valence-corrected chi connectivity index (χ1v) is 13.0. The summed E-state index contributed by atoms with van der Waals surface area (Å²) >= 11 is 6.86. The number of fused-ring (bicyclic) bond motifs is 2. The van der Waals surface area contributed by atoms with Crippen LogP contribution in [0.15, 0.2) is 110 Å². The summed E-state index contributed by atoms with van der Waals surface area (Å²) in [7, 11) is 0. The first kappa shape index (κ1) is 30.0. The van der Waals surface area contributed by atoms with Gasteiger partial charge in [-0.25, -0.2) is 0 Å². The van der Waals surface area contributed by atoms with Crippen LogP contribution in [0.1, 0.15) is 2.80 Å². The minimum absolute atomic E-state index is 0. The molecule has 2 N–H and O–H groups in total. The Bertz CT molecular complexity index is 1700. The number of hydrogen-bond acceptors (Lipinski definition) is 8. The number of benzene rings is 4. The number of anilines is 1. The van der Waals surface area contributed by atoms with Crippen LogP contribution < -0.4 is 24.6 Å². The number of nitrogens with zero attached hydrogens (tertiary/aromatic N) is 2. The van der Waals surface area contributed by atoms with E-state index in [1.54, 1.807) is 36.4 Å². The maximum atomic E-state index is 10.6. The van der Waals surface area contributed by atoms with Gasteiger partial charge in [0, 0.05) is 57.7 Å². The molecule has 12 heteroatoms. The molecular formula is C29H23BrLiN3O6S. The van der Waals surface area contributed by atoms with E-state index in [1.165, 1.54) is 24.3 Å². The van der Waals surface area contributed by atoms with Crippen LogP contribution in [-0.2, 0) is 0 Å². The minimum atomic E-state index is -0.427.